The van der Waals surface area contributed by atoms with Crippen molar-refractivity contribution in [3.63, 3.8) is 0 Å². The van der Waals surface area contributed by atoms with Crippen molar-refractivity contribution in [2.75, 3.05) is 19.8 Å². The van der Waals surface area contributed by atoms with Gasteiger partial charge >= 0.3 is 0 Å². The van der Waals surface area contributed by atoms with Crippen molar-refractivity contribution in [2.45, 2.75) is 25.5 Å². The predicted octanol–water partition coefficient (Wildman–Crippen LogP) is 2.59. The van der Waals surface area contributed by atoms with Gasteiger partial charge in [0.2, 0.25) is 5.88 Å². The lowest BCUT2D eigenvalue weighted by Crippen LogP contribution is -2.36. The number of hydrogen-bond donors (Lipinski definition) is 0. The van der Waals surface area contributed by atoms with Gasteiger partial charge in [-0.3, -0.25) is 4.79 Å². The summed E-state index contributed by atoms with van der Waals surface area (Å²) in [6, 6.07) is 8.13. The maximum atomic E-state index is 13.3. The van der Waals surface area contributed by atoms with E-state index in [1.807, 2.05) is 0 Å². The fourth-order valence-corrected chi connectivity index (χ4v) is 3.26. The minimum atomic E-state index is -0.231. The Morgan fingerprint density at radius 3 is 3.04 bits per heavy atom. The highest BCUT2D eigenvalue weighted by Gasteiger charge is 2.23. The Morgan fingerprint density at radius 2 is 2.20 bits per heavy atom. The summed E-state index contributed by atoms with van der Waals surface area (Å²) in [5, 5.41) is 0. The number of fused-ring (bicyclic) bond motifs is 1. The van der Waals surface area contributed by atoms with Gasteiger partial charge in [0.25, 0.3) is 5.91 Å². The van der Waals surface area contributed by atoms with Crippen molar-refractivity contribution in [3.8, 4) is 5.88 Å². The Kier molecular flexibility index (Phi) is 4.36. The fraction of sp³-hybridized carbons (Fsp3) is 0.368. The predicted molar refractivity (Wildman–Crippen MR) is 88.9 cm³/mol. The Hall–Kier alpha value is -2.47. The van der Waals surface area contributed by atoms with E-state index in [1.165, 1.54) is 6.07 Å². The molecule has 0 saturated carbocycles. The number of pyridine rings is 1. The van der Waals surface area contributed by atoms with Gasteiger partial charge in [0.05, 0.1) is 13.2 Å². The smallest absolute Gasteiger partial charge is 0.254 e. The van der Waals surface area contributed by atoms with Gasteiger partial charge in [0.15, 0.2) is 0 Å². The average molecular weight is 342 g/mol. The number of amides is 1. The number of rotatable bonds is 3. The second kappa shape index (κ2) is 6.80. The normalized spacial score (nSPS) is 19.6. The van der Waals surface area contributed by atoms with Gasteiger partial charge in [-0.25, -0.2) is 9.37 Å². The first-order valence-electron chi connectivity index (χ1n) is 8.46. The molecule has 130 valence electrons. The molecule has 0 spiro atoms. The highest BCUT2D eigenvalue weighted by Crippen LogP contribution is 2.23. The van der Waals surface area contributed by atoms with E-state index >= 15 is 0 Å². The van der Waals surface area contributed by atoms with Crippen LogP contribution in [0.5, 0.6) is 5.88 Å². The highest BCUT2D eigenvalue weighted by atomic mass is 19.1. The Labute approximate surface area is 145 Å². The number of halogens is 1. The van der Waals surface area contributed by atoms with Gasteiger partial charge < -0.3 is 14.4 Å². The van der Waals surface area contributed by atoms with Crippen LogP contribution >= 0.6 is 0 Å². The molecular weight excluding hydrogens is 323 g/mol. The lowest BCUT2D eigenvalue weighted by atomic mass is 9.99. The van der Waals surface area contributed by atoms with Crippen molar-refractivity contribution in [1.82, 2.24) is 9.88 Å². The largest absolute Gasteiger partial charge is 0.472 e. The minimum Gasteiger partial charge on any atom is -0.472 e. The van der Waals surface area contributed by atoms with E-state index in [0.717, 1.165) is 17.5 Å². The number of carbonyl (C=O) groups excluding carboxylic acids is 1. The van der Waals surface area contributed by atoms with Crippen LogP contribution in [0.15, 0.2) is 36.5 Å². The number of benzene rings is 1. The van der Waals surface area contributed by atoms with E-state index < -0.39 is 0 Å². The van der Waals surface area contributed by atoms with Crippen LogP contribution in [0.25, 0.3) is 0 Å². The van der Waals surface area contributed by atoms with Crippen molar-refractivity contribution >= 4 is 5.91 Å². The zero-order valence-electron chi connectivity index (χ0n) is 13.8. The van der Waals surface area contributed by atoms with Crippen LogP contribution in [0.4, 0.5) is 4.39 Å². The SMILES string of the molecule is O=C(c1ccnc(O[C@@H]2CCOC2)c1)N1CCc2cc(F)ccc2C1. The van der Waals surface area contributed by atoms with Crippen LogP contribution in [-0.2, 0) is 17.7 Å². The molecule has 1 fully saturated rings. The van der Waals surface area contributed by atoms with E-state index in [2.05, 4.69) is 4.98 Å². The minimum absolute atomic E-state index is 0.00499. The zero-order valence-corrected chi connectivity index (χ0v) is 13.8. The first-order valence-corrected chi connectivity index (χ1v) is 8.46. The van der Waals surface area contributed by atoms with Crippen molar-refractivity contribution < 1.29 is 18.7 Å². The molecule has 2 aliphatic heterocycles. The first-order chi connectivity index (χ1) is 12.2. The molecule has 1 aromatic carbocycles. The Morgan fingerprint density at radius 1 is 1.28 bits per heavy atom. The first kappa shape index (κ1) is 16.0. The third-order valence-corrected chi connectivity index (χ3v) is 4.62. The molecule has 25 heavy (non-hydrogen) atoms. The lowest BCUT2D eigenvalue weighted by molar-refractivity contribution is 0.0733. The van der Waals surface area contributed by atoms with Crippen LogP contribution in [-0.4, -0.2) is 41.7 Å². The highest BCUT2D eigenvalue weighted by molar-refractivity contribution is 5.94. The molecule has 1 aromatic heterocycles. The standard InChI is InChI=1S/C19H19FN2O3/c20-16-2-1-15-11-22(7-4-13(15)9-16)19(23)14-3-6-21-18(10-14)25-17-5-8-24-12-17/h1-3,6,9-10,17H,4-5,7-8,11-12H2/t17-/m1/s1. The molecule has 0 aliphatic carbocycles. The molecule has 0 N–H and O–H groups in total. The number of carbonyl (C=O) groups is 1. The van der Waals surface area contributed by atoms with Crippen LogP contribution in [0.3, 0.4) is 0 Å². The molecule has 4 rings (SSSR count). The molecule has 0 unspecified atom stereocenters. The molecule has 1 atom stereocenters. The van der Waals surface area contributed by atoms with E-state index in [1.54, 1.807) is 35.4 Å². The molecule has 1 amide bonds. The van der Waals surface area contributed by atoms with Gasteiger partial charge in [-0.05, 0) is 35.7 Å². The van der Waals surface area contributed by atoms with E-state index in [9.17, 15) is 9.18 Å². The molecule has 1 saturated heterocycles. The van der Waals surface area contributed by atoms with Gasteiger partial charge in [0.1, 0.15) is 11.9 Å². The van der Waals surface area contributed by atoms with Gasteiger partial charge in [-0.15, -0.1) is 0 Å². The maximum Gasteiger partial charge on any atom is 0.254 e. The number of hydrogen-bond acceptors (Lipinski definition) is 4. The van der Waals surface area contributed by atoms with Gasteiger partial charge in [-0.1, -0.05) is 6.07 Å². The van der Waals surface area contributed by atoms with Crippen LogP contribution in [0.2, 0.25) is 0 Å². The van der Waals surface area contributed by atoms with E-state index in [4.69, 9.17) is 9.47 Å². The molecule has 6 heteroatoms. The summed E-state index contributed by atoms with van der Waals surface area (Å²) in [5.74, 6) is 0.149. The van der Waals surface area contributed by atoms with Crippen molar-refractivity contribution in [3.05, 3.63) is 59.0 Å². The lowest BCUT2D eigenvalue weighted by Gasteiger charge is -2.29. The zero-order chi connectivity index (χ0) is 17.2. The van der Waals surface area contributed by atoms with Gasteiger partial charge in [-0.2, -0.15) is 0 Å². The quantitative estimate of drug-likeness (QED) is 0.860. The summed E-state index contributed by atoms with van der Waals surface area (Å²) < 4.78 is 24.4. The number of aromatic nitrogens is 1. The summed E-state index contributed by atoms with van der Waals surface area (Å²) in [6.07, 6.45) is 3.08. The fourth-order valence-electron chi connectivity index (χ4n) is 3.26. The van der Waals surface area contributed by atoms with Crippen molar-refractivity contribution in [2.24, 2.45) is 0 Å². The van der Waals surface area contributed by atoms with Crippen LogP contribution in [0, 0.1) is 5.82 Å². The molecule has 0 bridgehead atoms. The third kappa shape index (κ3) is 3.49. The molecule has 0 radical (unpaired) electrons. The molecule has 3 heterocycles. The molecule has 2 aliphatic rings. The summed E-state index contributed by atoms with van der Waals surface area (Å²) in [5.41, 5.74) is 2.52. The second-order valence-electron chi connectivity index (χ2n) is 6.38. The Balaban J connectivity index is 1.48. The Bertz CT molecular complexity index is 790. The summed E-state index contributed by atoms with van der Waals surface area (Å²) >= 11 is 0. The number of nitrogens with zero attached hydrogens (tertiary/aromatic N) is 2. The van der Waals surface area contributed by atoms with Crippen LogP contribution in [0.1, 0.15) is 27.9 Å². The second-order valence-corrected chi connectivity index (χ2v) is 6.38. The summed E-state index contributed by atoms with van der Waals surface area (Å²) in [6.45, 7) is 2.31. The monoisotopic (exact) mass is 342 g/mol. The molecule has 5 nitrogen and oxygen atoms in total. The van der Waals surface area contributed by atoms with Crippen LogP contribution < -0.4 is 4.74 Å². The average Bonchev–Trinajstić information content (AvgIpc) is 3.14. The maximum absolute atomic E-state index is 13.3. The molecular formula is C19H19FN2O3. The summed E-state index contributed by atoms with van der Waals surface area (Å²) in [4.78, 5) is 18.8. The van der Waals surface area contributed by atoms with E-state index in [0.29, 0.717) is 44.2 Å². The molecule has 2 aromatic rings. The van der Waals surface area contributed by atoms with Gasteiger partial charge in [0, 0.05) is 37.3 Å². The van der Waals surface area contributed by atoms with Crippen molar-refractivity contribution in [1.29, 1.82) is 0 Å². The topological polar surface area (TPSA) is 51.7 Å². The number of ether oxygens (including phenoxy) is 2. The van der Waals surface area contributed by atoms with E-state index in [-0.39, 0.29) is 17.8 Å². The summed E-state index contributed by atoms with van der Waals surface area (Å²) in [7, 11) is 0. The third-order valence-electron chi connectivity index (χ3n) is 4.62.